The minimum atomic E-state index is -1.85. The third-order valence-corrected chi connectivity index (χ3v) is 10.0. The van der Waals surface area contributed by atoms with Gasteiger partial charge in [0.15, 0.2) is 0 Å². The molecule has 2 atom stereocenters. The van der Waals surface area contributed by atoms with Crippen molar-refractivity contribution in [1.82, 2.24) is 4.90 Å². The summed E-state index contributed by atoms with van der Waals surface area (Å²) in [5.41, 5.74) is -0.883. The Kier molecular flexibility index (Phi) is 4.14. The van der Waals surface area contributed by atoms with E-state index < -0.39 is 19.4 Å². The molecule has 0 radical (unpaired) electrons. The first-order chi connectivity index (χ1) is 8.27. The molecule has 1 aliphatic heterocycles. The minimum absolute atomic E-state index is 0.0595. The number of hydrogen-bond donors (Lipinski definition) is 1. The van der Waals surface area contributed by atoms with E-state index in [4.69, 9.17) is 4.74 Å². The zero-order chi connectivity index (χ0) is 15.2. The first kappa shape index (κ1) is 16.5. The lowest BCUT2D eigenvalue weighted by Gasteiger charge is -2.40. The molecule has 0 aromatic heterocycles. The highest BCUT2D eigenvalue weighted by molar-refractivity contribution is 6.81. The lowest BCUT2D eigenvalue weighted by Crippen LogP contribution is -2.53. The van der Waals surface area contributed by atoms with Crippen LogP contribution in [0.4, 0.5) is 4.79 Å². The number of amides is 1. The molecule has 0 saturated carbocycles. The van der Waals surface area contributed by atoms with Gasteiger partial charge in [0, 0.05) is 6.54 Å². The lowest BCUT2D eigenvalue weighted by atomic mass is 10.2. The summed E-state index contributed by atoms with van der Waals surface area (Å²) in [5.74, 6) is 0. The summed E-state index contributed by atoms with van der Waals surface area (Å²) in [6, 6.07) is -0.0595. The Morgan fingerprint density at radius 3 is 2.11 bits per heavy atom. The molecule has 5 heteroatoms. The van der Waals surface area contributed by atoms with Gasteiger partial charge >= 0.3 is 6.09 Å². The molecule has 1 heterocycles. The Labute approximate surface area is 118 Å². The largest absolute Gasteiger partial charge is 0.444 e. The Balaban J connectivity index is 2.65. The van der Waals surface area contributed by atoms with E-state index in [2.05, 4.69) is 33.9 Å². The molecular weight excluding hydrogens is 258 g/mol. The third-order valence-electron chi connectivity index (χ3n) is 4.32. The van der Waals surface area contributed by atoms with E-state index >= 15 is 0 Å². The number of ether oxygens (including phenoxy) is 1. The maximum atomic E-state index is 11.9. The highest BCUT2D eigenvalue weighted by Crippen LogP contribution is 2.42. The fraction of sp³-hybridized carbons (Fsp3) is 0.929. The number of carbonyl (C=O) groups excluding carboxylic acids is 1. The summed E-state index contributed by atoms with van der Waals surface area (Å²) in [6.45, 7) is 17.1. The van der Waals surface area contributed by atoms with Gasteiger partial charge in [-0.1, -0.05) is 33.9 Å². The summed E-state index contributed by atoms with van der Waals surface area (Å²) in [7, 11) is -1.85. The predicted molar refractivity (Wildman–Crippen MR) is 79.9 cm³/mol. The number of carbonyl (C=O) groups is 1. The van der Waals surface area contributed by atoms with Gasteiger partial charge in [0.05, 0.1) is 19.8 Å². The zero-order valence-electron chi connectivity index (χ0n) is 13.6. The van der Waals surface area contributed by atoms with Crippen molar-refractivity contribution in [3.05, 3.63) is 0 Å². The lowest BCUT2D eigenvalue weighted by molar-refractivity contribution is 0.0385. The van der Waals surface area contributed by atoms with E-state index in [0.29, 0.717) is 6.54 Å². The molecule has 1 N–H and O–H groups in total. The van der Waals surface area contributed by atoms with Crippen LogP contribution in [0.5, 0.6) is 0 Å². The standard InChI is InChI=1S/C14H29NO3Si/c1-13(2,3)18-12(17)15-9-10(15)11(16)19(7,8)14(4,5)6/h10-11,16H,9H2,1-8H3. The van der Waals surface area contributed by atoms with E-state index in [-0.39, 0.29) is 17.2 Å². The molecule has 0 aromatic rings. The van der Waals surface area contributed by atoms with Crippen molar-refractivity contribution in [1.29, 1.82) is 0 Å². The Morgan fingerprint density at radius 2 is 1.74 bits per heavy atom. The fourth-order valence-corrected chi connectivity index (χ4v) is 4.01. The van der Waals surface area contributed by atoms with Crippen LogP contribution in [0.2, 0.25) is 18.1 Å². The average Bonchev–Trinajstić information content (AvgIpc) is 2.90. The van der Waals surface area contributed by atoms with Crippen molar-refractivity contribution in [2.75, 3.05) is 6.54 Å². The summed E-state index contributed by atoms with van der Waals surface area (Å²) < 4.78 is 5.33. The number of nitrogens with zero attached hydrogens (tertiary/aromatic N) is 1. The van der Waals surface area contributed by atoms with Crippen LogP contribution in [-0.4, -0.2) is 48.1 Å². The van der Waals surface area contributed by atoms with E-state index in [0.717, 1.165) is 0 Å². The highest BCUT2D eigenvalue weighted by Gasteiger charge is 2.54. The predicted octanol–water partition coefficient (Wildman–Crippen LogP) is 3.01. The number of hydrogen-bond acceptors (Lipinski definition) is 3. The van der Waals surface area contributed by atoms with Crippen LogP contribution in [0, 0.1) is 0 Å². The maximum absolute atomic E-state index is 11.9. The van der Waals surface area contributed by atoms with E-state index in [1.807, 2.05) is 20.8 Å². The van der Waals surface area contributed by atoms with Gasteiger partial charge in [-0.05, 0) is 25.8 Å². The summed E-state index contributed by atoms with van der Waals surface area (Å²) in [5, 5.41) is 10.7. The van der Waals surface area contributed by atoms with Gasteiger partial charge in [0.25, 0.3) is 0 Å². The number of rotatable bonds is 2. The van der Waals surface area contributed by atoms with Gasteiger partial charge in [-0.2, -0.15) is 0 Å². The smallest absolute Gasteiger partial charge is 0.410 e. The van der Waals surface area contributed by atoms with Crippen molar-refractivity contribution in [3.63, 3.8) is 0 Å². The normalized spacial score (nSPS) is 22.2. The Morgan fingerprint density at radius 1 is 1.26 bits per heavy atom. The van der Waals surface area contributed by atoms with Crippen LogP contribution in [0.1, 0.15) is 41.5 Å². The molecule has 1 amide bonds. The van der Waals surface area contributed by atoms with Gasteiger partial charge in [-0.3, -0.25) is 4.90 Å². The molecule has 0 aromatic carbocycles. The van der Waals surface area contributed by atoms with Crippen molar-refractivity contribution in [3.8, 4) is 0 Å². The molecule has 0 aliphatic carbocycles. The van der Waals surface area contributed by atoms with Crippen LogP contribution >= 0.6 is 0 Å². The monoisotopic (exact) mass is 287 g/mol. The second-order valence-electron chi connectivity index (χ2n) is 8.12. The van der Waals surface area contributed by atoms with Crippen molar-refractivity contribution in [2.45, 2.75) is 77.0 Å². The molecule has 0 bridgehead atoms. The topological polar surface area (TPSA) is 49.5 Å². The summed E-state index contributed by atoms with van der Waals surface area (Å²) in [4.78, 5) is 13.6. The minimum Gasteiger partial charge on any atom is -0.444 e. The SMILES string of the molecule is CC(C)(C)OC(=O)N1CC1C(O)[Si](C)(C)C(C)(C)C. The van der Waals surface area contributed by atoms with E-state index in [9.17, 15) is 9.90 Å². The molecule has 2 unspecified atom stereocenters. The molecule has 1 rings (SSSR count). The van der Waals surface area contributed by atoms with Gasteiger partial charge in [-0.15, -0.1) is 0 Å². The van der Waals surface area contributed by atoms with Crippen LogP contribution in [0.25, 0.3) is 0 Å². The number of aliphatic hydroxyl groups excluding tert-OH is 1. The zero-order valence-corrected chi connectivity index (χ0v) is 14.6. The molecule has 19 heavy (non-hydrogen) atoms. The molecule has 1 saturated heterocycles. The van der Waals surface area contributed by atoms with E-state index in [1.54, 1.807) is 4.90 Å². The first-order valence-electron chi connectivity index (χ1n) is 6.95. The highest BCUT2D eigenvalue weighted by atomic mass is 28.3. The van der Waals surface area contributed by atoms with Gasteiger partial charge in [-0.25, -0.2) is 4.79 Å². The van der Waals surface area contributed by atoms with Crippen molar-refractivity contribution in [2.24, 2.45) is 0 Å². The molecule has 1 fully saturated rings. The second kappa shape index (κ2) is 4.77. The van der Waals surface area contributed by atoms with Crippen LogP contribution in [-0.2, 0) is 4.74 Å². The summed E-state index contributed by atoms with van der Waals surface area (Å²) >= 11 is 0. The van der Waals surface area contributed by atoms with Crippen LogP contribution < -0.4 is 0 Å². The summed E-state index contributed by atoms with van der Waals surface area (Å²) in [6.07, 6.45) is -0.310. The van der Waals surface area contributed by atoms with Crippen molar-refractivity contribution < 1.29 is 14.6 Å². The Hall–Kier alpha value is -0.553. The Bertz CT molecular complexity index is 355. The van der Waals surface area contributed by atoms with Gasteiger partial charge in [0.1, 0.15) is 5.60 Å². The van der Waals surface area contributed by atoms with Gasteiger partial charge < -0.3 is 9.84 Å². The average molecular weight is 287 g/mol. The van der Waals surface area contributed by atoms with Crippen LogP contribution in [0.3, 0.4) is 0 Å². The molecule has 1 aliphatic rings. The molecular formula is C14H29NO3Si. The molecule has 4 nitrogen and oxygen atoms in total. The molecule has 112 valence electrons. The van der Waals surface area contributed by atoms with Crippen LogP contribution in [0.15, 0.2) is 0 Å². The van der Waals surface area contributed by atoms with Gasteiger partial charge in [0.2, 0.25) is 0 Å². The quantitative estimate of drug-likeness (QED) is 0.627. The van der Waals surface area contributed by atoms with Crippen molar-refractivity contribution >= 4 is 14.2 Å². The molecule has 0 spiro atoms. The maximum Gasteiger partial charge on any atom is 0.410 e. The third kappa shape index (κ3) is 3.72. The second-order valence-corrected chi connectivity index (χ2v) is 13.7. The van der Waals surface area contributed by atoms with E-state index in [1.165, 1.54) is 0 Å². The number of aliphatic hydroxyl groups is 1. The fourth-order valence-electron chi connectivity index (χ4n) is 1.88. The first-order valence-corrected chi connectivity index (χ1v) is 10.0.